The standard InChI is InChI=1S/C20H23F3N4O2S/c1-14(24)17(28)26-16(10-9-15-6-3-2-4-7-15)8-5-12-27(18(29)20(21,22)23)19-25-11-13-30-19/h2-8,11,13-14,16H,9-10,12,24H2,1H3,(H,26,28)/b8-5+/t14-,16+/m0/s1. The van der Waals surface area contributed by atoms with Crippen molar-refractivity contribution in [2.45, 2.75) is 38.0 Å². The number of rotatable bonds is 9. The molecule has 0 unspecified atom stereocenters. The number of amides is 2. The molecule has 1 aromatic heterocycles. The Balaban J connectivity index is 2.11. The summed E-state index contributed by atoms with van der Waals surface area (Å²) in [4.78, 5) is 28.1. The Labute approximate surface area is 176 Å². The van der Waals surface area contributed by atoms with Gasteiger partial charge in [-0.2, -0.15) is 13.2 Å². The van der Waals surface area contributed by atoms with Crippen LogP contribution in [0.15, 0.2) is 54.1 Å². The molecule has 0 radical (unpaired) electrons. The van der Waals surface area contributed by atoms with Crippen molar-refractivity contribution in [3.05, 3.63) is 59.6 Å². The minimum Gasteiger partial charge on any atom is -0.349 e. The lowest BCUT2D eigenvalue weighted by atomic mass is 10.0. The third-order valence-corrected chi connectivity index (χ3v) is 4.92. The van der Waals surface area contributed by atoms with Crippen LogP contribution in [0.3, 0.4) is 0 Å². The first-order valence-corrected chi connectivity index (χ1v) is 10.1. The SMILES string of the molecule is C[C@H](N)C(=O)N[C@H](/C=C/CN(C(=O)C(F)(F)F)c1nccs1)CCc1ccccc1. The van der Waals surface area contributed by atoms with E-state index >= 15 is 0 Å². The number of aryl methyl sites for hydroxylation is 1. The van der Waals surface area contributed by atoms with Gasteiger partial charge >= 0.3 is 12.1 Å². The van der Waals surface area contributed by atoms with Gasteiger partial charge in [-0.25, -0.2) is 4.98 Å². The van der Waals surface area contributed by atoms with Gasteiger partial charge in [-0.1, -0.05) is 42.5 Å². The molecular weight excluding hydrogens is 417 g/mol. The van der Waals surface area contributed by atoms with Gasteiger partial charge in [0, 0.05) is 24.2 Å². The number of aromatic nitrogens is 1. The van der Waals surface area contributed by atoms with Gasteiger partial charge in [0.25, 0.3) is 0 Å². The molecular formula is C20H23F3N4O2S. The van der Waals surface area contributed by atoms with E-state index in [1.807, 2.05) is 30.3 Å². The van der Waals surface area contributed by atoms with Crippen LogP contribution in [0.4, 0.5) is 18.3 Å². The topological polar surface area (TPSA) is 88.3 Å². The highest BCUT2D eigenvalue weighted by molar-refractivity contribution is 7.13. The number of thiazole rings is 1. The summed E-state index contributed by atoms with van der Waals surface area (Å²) in [5.41, 5.74) is 6.66. The highest BCUT2D eigenvalue weighted by Crippen LogP contribution is 2.25. The van der Waals surface area contributed by atoms with Gasteiger partial charge in [0.1, 0.15) is 0 Å². The van der Waals surface area contributed by atoms with Crippen LogP contribution in [0.25, 0.3) is 0 Å². The Hall–Kier alpha value is -2.72. The molecule has 0 aliphatic heterocycles. The summed E-state index contributed by atoms with van der Waals surface area (Å²) in [6.07, 6.45) is 0.465. The highest BCUT2D eigenvalue weighted by Gasteiger charge is 2.43. The summed E-state index contributed by atoms with van der Waals surface area (Å²) < 4.78 is 38.8. The predicted molar refractivity (Wildman–Crippen MR) is 110 cm³/mol. The van der Waals surface area contributed by atoms with Gasteiger partial charge in [0.2, 0.25) is 5.91 Å². The molecule has 3 N–H and O–H groups in total. The van der Waals surface area contributed by atoms with Crippen molar-refractivity contribution in [1.82, 2.24) is 10.3 Å². The number of carbonyl (C=O) groups is 2. The van der Waals surface area contributed by atoms with Crippen LogP contribution < -0.4 is 16.0 Å². The summed E-state index contributed by atoms with van der Waals surface area (Å²) >= 11 is 0.930. The molecule has 2 amide bonds. The van der Waals surface area contributed by atoms with Gasteiger partial charge in [-0.15, -0.1) is 11.3 Å². The number of hydrogen-bond donors (Lipinski definition) is 2. The van der Waals surface area contributed by atoms with E-state index in [1.165, 1.54) is 17.7 Å². The summed E-state index contributed by atoms with van der Waals surface area (Å²) in [5, 5.41) is 4.20. The first-order chi connectivity index (χ1) is 14.2. The van der Waals surface area contributed by atoms with Crippen LogP contribution in [-0.2, 0) is 16.0 Å². The Bertz CT molecular complexity index is 839. The fourth-order valence-corrected chi connectivity index (χ4v) is 3.23. The van der Waals surface area contributed by atoms with Gasteiger partial charge in [-0.3, -0.25) is 14.5 Å². The van der Waals surface area contributed by atoms with Crippen molar-refractivity contribution in [3.63, 3.8) is 0 Å². The maximum Gasteiger partial charge on any atom is 0.471 e. The number of hydrogen-bond acceptors (Lipinski definition) is 5. The number of benzene rings is 1. The highest BCUT2D eigenvalue weighted by atomic mass is 32.1. The van der Waals surface area contributed by atoms with E-state index in [0.29, 0.717) is 17.7 Å². The Morgan fingerprint density at radius 1 is 1.30 bits per heavy atom. The molecule has 0 saturated carbocycles. The second-order valence-corrected chi connectivity index (χ2v) is 7.46. The number of nitrogens with one attached hydrogen (secondary N) is 1. The molecule has 2 aromatic rings. The van der Waals surface area contributed by atoms with Crippen molar-refractivity contribution >= 4 is 28.3 Å². The normalized spacial score (nSPS) is 13.8. The number of halogens is 3. The quantitative estimate of drug-likeness (QED) is 0.587. The zero-order valence-corrected chi connectivity index (χ0v) is 17.1. The van der Waals surface area contributed by atoms with Crippen molar-refractivity contribution in [1.29, 1.82) is 0 Å². The number of anilines is 1. The third-order valence-electron chi connectivity index (χ3n) is 4.12. The van der Waals surface area contributed by atoms with Crippen LogP contribution >= 0.6 is 11.3 Å². The van der Waals surface area contributed by atoms with Crippen LogP contribution in [0.2, 0.25) is 0 Å². The first-order valence-electron chi connectivity index (χ1n) is 9.23. The maximum absolute atomic E-state index is 12.9. The van der Waals surface area contributed by atoms with Crippen LogP contribution in [0.5, 0.6) is 0 Å². The van der Waals surface area contributed by atoms with E-state index in [2.05, 4.69) is 10.3 Å². The van der Waals surface area contributed by atoms with Crippen molar-refractivity contribution in [3.8, 4) is 0 Å². The van der Waals surface area contributed by atoms with E-state index < -0.39 is 24.2 Å². The van der Waals surface area contributed by atoms with E-state index in [1.54, 1.807) is 13.0 Å². The summed E-state index contributed by atoms with van der Waals surface area (Å²) in [5.74, 6) is -2.37. The molecule has 6 nitrogen and oxygen atoms in total. The lowest BCUT2D eigenvalue weighted by molar-refractivity contribution is -0.170. The largest absolute Gasteiger partial charge is 0.471 e. The molecule has 0 bridgehead atoms. The lowest BCUT2D eigenvalue weighted by Gasteiger charge is -2.20. The molecule has 162 valence electrons. The molecule has 0 aliphatic rings. The van der Waals surface area contributed by atoms with Crippen LogP contribution in [0, 0.1) is 0 Å². The zero-order chi connectivity index (χ0) is 22.1. The molecule has 2 atom stereocenters. The van der Waals surface area contributed by atoms with E-state index in [9.17, 15) is 22.8 Å². The summed E-state index contributed by atoms with van der Waals surface area (Å²) in [6.45, 7) is 1.21. The number of carbonyl (C=O) groups excluding carboxylic acids is 2. The van der Waals surface area contributed by atoms with Crippen LogP contribution in [0.1, 0.15) is 18.9 Å². The minimum absolute atomic E-state index is 0.0533. The van der Waals surface area contributed by atoms with Gasteiger partial charge < -0.3 is 11.1 Å². The fraction of sp³-hybridized carbons (Fsp3) is 0.350. The average Bonchev–Trinajstić information content (AvgIpc) is 3.23. The van der Waals surface area contributed by atoms with Crippen molar-refractivity contribution < 1.29 is 22.8 Å². The first kappa shape index (κ1) is 23.6. The zero-order valence-electron chi connectivity index (χ0n) is 16.3. The number of nitrogens with two attached hydrogens (primary N) is 1. The fourth-order valence-electron chi connectivity index (χ4n) is 2.58. The molecule has 0 saturated heterocycles. The Morgan fingerprint density at radius 3 is 2.57 bits per heavy atom. The van der Waals surface area contributed by atoms with E-state index in [4.69, 9.17) is 5.73 Å². The summed E-state index contributed by atoms with van der Waals surface area (Å²) in [6, 6.07) is 8.40. The number of nitrogens with zero attached hydrogens (tertiary/aromatic N) is 2. The van der Waals surface area contributed by atoms with Crippen LogP contribution in [-0.4, -0.2) is 41.6 Å². The average molecular weight is 440 g/mol. The molecule has 0 fully saturated rings. The molecule has 0 aliphatic carbocycles. The molecule has 1 aromatic carbocycles. The minimum atomic E-state index is -5.02. The van der Waals surface area contributed by atoms with Gasteiger partial charge in [-0.05, 0) is 25.3 Å². The molecule has 0 spiro atoms. The molecule has 1 heterocycles. The Kier molecular flexibility index (Phi) is 8.55. The van der Waals surface area contributed by atoms with E-state index in [0.717, 1.165) is 16.9 Å². The third kappa shape index (κ3) is 7.27. The Morgan fingerprint density at radius 2 is 2.00 bits per heavy atom. The lowest BCUT2D eigenvalue weighted by Crippen LogP contribution is -2.44. The monoisotopic (exact) mass is 440 g/mol. The second kappa shape index (κ2) is 10.9. The molecule has 2 rings (SSSR count). The maximum atomic E-state index is 12.9. The second-order valence-electron chi connectivity index (χ2n) is 6.58. The molecule has 10 heteroatoms. The summed E-state index contributed by atoms with van der Waals surface area (Å²) in [7, 11) is 0. The van der Waals surface area contributed by atoms with Gasteiger partial charge in [0.15, 0.2) is 5.13 Å². The van der Waals surface area contributed by atoms with Crippen molar-refractivity contribution in [2.24, 2.45) is 5.73 Å². The van der Waals surface area contributed by atoms with Crippen molar-refractivity contribution in [2.75, 3.05) is 11.4 Å². The molecule has 30 heavy (non-hydrogen) atoms. The smallest absolute Gasteiger partial charge is 0.349 e. The predicted octanol–water partition coefficient (Wildman–Crippen LogP) is 3.06. The van der Waals surface area contributed by atoms with Gasteiger partial charge in [0.05, 0.1) is 6.04 Å². The van der Waals surface area contributed by atoms with E-state index in [-0.39, 0.29) is 17.6 Å². The number of alkyl halides is 3.